The maximum atomic E-state index is 12.3. The highest BCUT2D eigenvalue weighted by Crippen LogP contribution is 2.29. The summed E-state index contributed by atoms with van der Waals surface area (Å²) in [5.74, 6) is -0.174. The minimum Gasteiger partial charge on any atom is -0.366 e. The quantitative estimate of drug-likeness (QED) is 0.341. The van der Waals surface area contributed by atoms with Crippen LogP contribution in [0.2, 0.25) is 5.02 Å². The van der Waals surface area contributed by atoms with Gasteiger partial charge < -0.3 is 26.6 Å². The van der Waals surface area contributed by atoms with E-state index in [4.69, 9.17) is 17.3 Å². The minimum atomic E-state index is -0.530. The van der Waals surface area contributed by atoms with Crippen LogP contribution >= 0.6 is 11.6 Å². The second-order valence-corrected chi connectivity index (χ2v) is 8.14. The Hall–Kier alpha value is -3.95. The van der Waals surface area contributed by atoms with Crippen LogP contribution in [0.15, 0.2) is 60.8 Å². The largest absolute Gasteiger partial charge is 0.366 e. The molecule has 0 fully saturated rings. The molecule has 34 heavy (non-hydrogen) atoms. The molecule has 176 valence electrons. The van der Waals surface area contributed by atoms with E-state index in [-0.39, 0.29) is 11.9 Å². The Morgan fingerprint density at radius 3 is 2.53 bits per heavy atom. The van der Waals surface area contributed by atoms with Gasteiger partial charge in [-0.05, 0) is 50.8 Å². The fraction of sp³-hybridized carbons (Fsp3) is 0.167. The molecule has 0 saturated heterocycles. The standard InChI is InChI=1S/C24H26ClN7O2/c1-15-10-11-16(22(26)34)13-20(15)30-24-27-14-17(25)23(31-24)29-19-8-5-4-7-18(19)28-21(33)9-6-12-32(2)3/h4-11,13-14H,12H2,1-3H3,(H2,26,34)(H,28,33)(H2,27,29,30,31). The van der Waals surface area contributed by atoms with Crippen molar-refractivity contribution in [3.8, 4) is 0 Å². The number of carbonyl (C=O) groups excluding carboxylic acids is 2. The fourth-order valence-corrected chi connectivity index (χ4v) is 3.06. The molecule has 10 heteroatoms. The smallest absolute Gasteiger partial charge is 0.248 e. The van der Waals surface area contributed by atoms with E-state index in [1.165, 1.54) is 12.3 Å². The third-order valence-corrected chi connectivity index (χ3v) is 4.97. The van der Waals surface area contributed by atoms with Gasteiger partial charge in [0.1, 0.15) is 5.02 Å². The van der Waals surface area contributed by atoms with Gasteiger partial charge in [-0.15, -0.1) is 0 Å². The summed E-state index contributed by atoms with van der Waals surface area (Å²) < 4.78 is 0. The number of para-hydroxylation sites is 2. The van der Waals surface area contributed by atoms with Crippen molar-refractivity contribution in [1.29, 1.82) is 0 Å². The van der Waals surface area contributed by atoms with E-state index >= 15 is 0 Å². The lowest BCUT2D eigenvalue weighted by Gasteiger charge is -2.14. The van der Waals surface area contributed by atoms with Gasteiger partial charge >= 0.3 is 0 Å². The van der Waals surface area contributed by atoms with Crippen molar-refractivity contribution in [1.82, 2.24) is 14.9 Å². The number of benzene rings is 2. The van der Waals surface area contributed by atoms with E-state index in [9.17, 15) is 9.59 Å². The van der Waals surface area contributed by atoms with Crippen molar-refractivity contribution in [2.24, 2.45) is 5.73 Å². The molecular weight excluding hydrogens is 454 g/mol. The number of nitrogens with two attached hydrogens (primary N) is 1. The molecule has 1 heterocycles. The Balaban J connectivity index is 1.81. The molecule has 2 aromatic carbocycles. The molecule has 3 aromatic rings. The van der Waals surface area contributed by atoms with Crippen LogP contribution in [0.3, 0.4) is 0 Å². The first-order valence-corrected chi connectivity index (χ1v) is 10.8. The third-order valence-electron chi connectivity index (χ3n) is 4.69. The molecule has 0 saturated carbocycles. The van der Waals surface area contributed by atoms with Crippen LogP contribution in [0.1, 0.15) is 15.9 Å². The number of halogens is 1. The predicted molar refractivity (Wildman–Crippen MR) is 136 cm³/mol. The van der Waals surface area contributed by atoms with Crippen LogP contribution in [0, 0.1) is 6.92 Å². The fourth-order valence-electron chi connectivity index (χ4n) is 2.92. The van der Waals surface area contributed by atoms with Gasteiger partial charge in [0, 0.05) is 23.9 Å². The lowest BCUT2D eigenvalue weighted by atomic mass is 10.1. The van der Waals surface area contributed by atoms with Crippen LogP contribution < -0.4 is 21.7 Å². The van der Waals surface area contributed by atoms with Gasteiger partial charge in [-0.2, -0.15) is 4.98 Å². The van der Waals surface area contributed by atoms with Gasteiger partial charge in [0.15, 0.2) is 5.82 Å². The summed E-state index contributed by atoms with van der Waals surface area (Å²) in [7, 11) is 3.84. The monoisotopic (exact) mass is 479 g/mol. The Bertz CT molecular complexity index is 1230. The number of amides is 2. The highest BCUT2D eigenvalue weighted by Gasteiger charge is 2.12. The highest BCUT2D eigenvalue weighted by molar-refractivity contribution is 6.33. The zero-order chi connectivity index (χ0) is 24.7. The topological polar surface area (TPSA) is 125 Å². The summed E-state index contributed by atoms with van der Waals surface area (Å²) >= 11 is 6.32. The molecule has 0 spiro atoms. The SMILES string of the molecule is Cc1ccc(C(N)=O)cc1Nc1ncc(Cl)c(Nc2ccccc2NC(=O)C=CCN(C)C)n1. The van der Waals surface area contributed by atoms with E-state index in [1.807, 2.05) is 38.1 Å². The molecule has 0 aliphatic rings. The van der Waals surface area contributed by atoms with Crippen LogP contribution in [0.25, 0.3) is 0 Å². The number of hydrogen-bond donors (Lipinski definition) is 4. The second kappa shape index (κ2) is 11.3. The molecule has 1 aromatic heterocycles. The number of nitrogens with zero attached hydrogens (tertiary/aromatic N) is 3. The number of nitrogens with one attached hydrogen (secondary N) is 3. The molecule has 0 atom stereocenters. The Labute approximate surface area is 203 Å². The molecule has 0 unspecified atom stereocenters. The van der Waals surface area contributed by atoms with E-state index in [0.717, 1.165) is 5.56 Å². The first-order valence-electron chi connectivity index (χ1n) is 10.4. The number of likely N-dealkylation sites (N-methyl/N-ethyl adjacent to an activating group) is 1. The van der Waals surface area contributed by atoms with Crippen molar-refractivity contribution in [2.75, 3.05) is 36.6 Å². The Kier molecular flexibility index (Phi) is 8.18. The maximum absolute atomic E-state index is 12.3. The number of aryl methyl sites for hydroxylation is 1. The van der Waals surface area contributed by atoms with Gasteiger partial charge in [-0.1, -0.05) is 35.9 Å². The van der Waals surface area contributed by atoms with Crippen molar-refractivity contribution in [3.05, 3.63) is 77.0 Å². The third kappa shape index (κ3) is 6.77. The summed E-state index contributed by atoms with van der Waals surface area (Å²) in [6.45, 7) is 2.54. The van der Waals surface area contributed by atoms with Crippen molar-refractivity contribution in [2.45, 2.75) is 6.92 Å². The van der Waals surface area contributed by atoms with Gasteiger partial charge in [0.2, 0.25) is 17.8 Å². The number of primary amides is 1. The number of aromatic nitrogens is 2. The van der Waals surface area contributed by atoms with Gasteiger partial charge in [-0.25, -0.2) is 4.98 Å². The summed E-state index contributed by atoms with van der Waals surface area (Å²) in [4.78, 5) is 34.4. The molecule has 3 rings (SSSR count). The number of hydrogen-bond acceptors (Lipinski definition) is 7. The number of anilines is 5. The van der Waals surface area contributed by atoms with Crippen LogP contribution in [0.4, 0.5) is 28.8 Å². The lowest BCUT2D eigenvalue weighted by Crippen LogP contribution is -2.13. The van der Waals surface area contributed by atoms with Crippen LogP contribution in [-0.4, -0.2) is 47.3 Å². The number of rotatable bonds is 9. The van der Waals surface area contributed by atoms with E-state index < -0.39 is 5.91 Å². The first kappa shape index (κ1) is 24.7. The zero-order valence-electron chi connectivity index (χ0n) is 19.1. The minimum absolute atomic E-state index is 0.253. The molecule has 5 N–H and O–H groups in total. The molecule has 0 aliphatic carbocycles. The van der Waals surface area contributed by atoms with E-state index in [0.29, 0.717) is 40.0 Å². The Morgan fingerprint density at radius 2 is 1.82 bits per heavy atom. The average Bonchev–Trinajstić information content (AvgIpc) is 2.78. The molecule has 9 nitrogen and oxygen atoms in total. The maximum Gasteiger partial charge on any atom is 0.248 e. The normalized spacial score (nSPS) is 11.0. The van der Waals surface area contributed by atoms with E-state index in [2.05, 4.69) is 25.9 Å². The average molecular weight is 480 g/mol. The van der Waals surface area contributed by atoms with Crippen LogP contribution in [0.5, 0.6) is 0 Å². The van der Waals surface area contributed by atoms with E-state index in [1.54, 1.807) is 36.4 Å². The molecule has 0 bridgehead atoms. The molecule has 0 radical (unpaired) electrons. The van der Waals surface area contributed by atoms with Crippen molar-refractivity contribution >= 4 is 52.2 Å². The van der Waals surface area contributed by atoms with Gasteiger partial charge in [-0.3, -0.25) is 9.59 Å². The zero-order valence-corrected chi connectivity index (χ0v) is 19.8. The first-order chi connectivity index (χ1) is 16.2. The number of carbonyl (C=O) groups is 2. The molecule has 0 aliphatic heterocycles. The van der Waals surface area contributed by atoms with Crippen molar-refractivity contribution in [3.63, 3.8) is 0 Å². The van der Waals surface area contributed by atoms with Gasteiger partial charge in [0.05, 0.1) is 17.6 Å². The summed E-state index contributed by atoms with van der Waals surface area (Å²) in [5, 5.41) is 9.38. The second-order valence-electron chi connectivity index (χ2n) is 7.73. The highest BCUT2D eigenvalue weighted by atomic mass is 35.5. The predicted octanol–water partition coefficient (Wildman–Crippen LogP) is 4.08. The lowest BCUT2D eigenvalue weighted by molar-refractivity contribution is -0.111. The summed E-state index contributed by atoms with van der Waals surface area (Å²) in [5.41, 5.74) is 8.44. The molecule has 2 amide bonds. The van der Waals surface area contributed by atoms with Gasteiger partial charge in [0.25, 0.3) is 0 Å². The summed E-state index contributed by atoms with van der Waals surface area (Å²) in [6, 6.07) is 12.3. The Morgan fingerprint density at radius 1 is 1.09 bits per heavy atom. The summed E-state index contributed by atoms with van der Waals surface area (Å²) in [6.07, 6.45) is 4.72. The van der Waals surface area contributed by atoms with Crippen LogP contribution in [-0.2, 0) is 4.79 Å². The molecular formula is C24H26ClN7O2. The van der Waals surface area contributed by atoms with Crippen molar-refractivity contribution < 1.29 is 9.59 Å².